The van der Waals surface area contributed by atoms with Crippen LogP contribution in [0, 0.1) is 5.41 Å². The molecular weight excluding hydrogens is 522 g/mol. The lowest BCUT2D eigenvalue weighted by Gasteiger charge is -2.44. The monoisotopic (exact) mass is 581 g/mol. The van der Waals surface area contributed by atoms with Crippen LogP contribution in [0.25, 0.3) is 0 Å². The van der Waals surface area contributed by atoms with Gasteiger partial charge in [-0.25, -0.2) is 4.79 Å². The molecule has 1 aliphatic carbocycles. The Balaban J connectivity index is 1.78. The van der Waals surface area contributed by atoms with Gasteiger partial charge in [0.1, 0.15) is 12.2 Å². The number of esters is 1. The Morgan fingerprint density at radius 2 is 1.59 bits per heavy atom. The molecule has 9 nitrogen and oxygen atoms in total. The van der Waals surface area contributed by atoms with Crippen LogP contribution in [0.5, 0.6) is 0 Å². The molecule has 0 spiro atoms. The molecule has 0 aromatic heterocycles. The van der Waals surface area contributed by atoms with E-state index in [1.165, 1.54) is 38.5 Å². The molecule has 41 heavy (non-hydrogen) atoms. The number of rotatable bonds is 16. The third-order valence-corrected chi connectivity index (χ3v) is 8.20. The molecule has 0 bridgehead atoms. The molecule has 1 unspecified atom stereocenters. The number of amides is 3. The van der Waals surface area contributed by atoms with Crippen molar-refractivity contribution in [2.24, 2.45) is 5.41 Å². The van der Waals surface area contributed by atoms with Crippen molar-refractivity contribution in [1.29, 1.82) is 0 Å². The van der Waals surface area contributed by atoms with Crippen LogP contribution in [0.15, 0.2) is 0 Å². The van der Waals surface area contributed by atoms with E-state index in [1.807, 2.05) is 32.6 Å². The predicted molar refractivity (Wildman–Crippen MR) is 161 cm³/mol. The zero-order chi connectivity index (χ0) is 30.5. The van der Waals surface area contributed by atoms with E-state index < -0.39 is 17.3 Å². The van der Waals surface area contributed by atoms with Gasteiger partial charge < -0.3 is 29.7 Å². The molecule has 2 fully saturated rings. The van der Waals surface area contributed by atoms with Crippen LogP contribution in [0.3, 0.4) is 0 Å². The standard InChI is InChI=1S/C32H59N3O6/c1-8-9-10-11-12-13-14-17-22-35(24(2)3)30(38)34-25-18-15-16-19-26(25)40-27(36)20-21-33-29(37)28-31(4,5)23-39-32(6,7)41-28/h24-26,28H,8-23H2,1-7H3,(H,33,37)(H,34,38)/t25-,26-,28?/m0/s1. The first-order chi connectivity index (χ1) is 19.4. The lowest BCUT2D eigenvalue weighted by molar-refractivity contribution is -0.304. The summed E-state index contributed by atoms with van der Waals surface area (Å²) in [6.45, 7) is 15.1. The molecule has 0 radical (unpaired) electrons. The van der Waals surface area contributed by atoms with Crippen molar-refractivity contribution in [3.8, 4) is 0 Å². The number of ether oxygens (including phenoxy) is 3. The number of nitrogens with zero attached hydrogens (tertiary/aromatic N) is 1. The van der Waals surface area contributed by atoms with Gasteiger partial charge in [0.15, 0.2) is 5.79 Å². The molecule has 1 heterocycles. The largest absolute Gasteiger partial charge is 0.460 e. The highest BCUT2D eigenvalue weighted by molar-refractivity contribution is 5.82. The molecular formula is C32H59N3O6. The molecule has 1 saturated carbocycles. The van der Waals surface area contributed by atoms with E-state index >= 15 is 0 Å². The molecule has 2 rings (SSSR count). The van der Waals surface area contributed by atoms with E-state index in [0.29, 0.717) is 6.61 Å². The van der Waals surface area contributed by atoms with Gasteiger partial charge >= 0.3 is 12.0 Å². The molecule has 0 aromatic rings. The van der Waals surface area contributed by atoms with Crippen molar-refractivity contribution in [2.45, 2.75) is 162 Å². The first-order valence-corrected chi connectivity index (χ1v) is 16.2. The number of nitrogens with one attached hydrogen (secondary N) is 2. The van der Waals surface area contributed by atoms with Crippen LogP contribution in [-0.4, -0.2) is 72.6 Å². The highest BCUT2D eigenvalue weighted by Gasteiger charge is 2.45. The Kier molecular flexibility index (Phi) is 14.9. The van der Waals surface area contributed by atoms with E-state index in [0.717, 1.165) is 45.1 Å². The summed E-state index contributed by atoms with van der Waals surface area (Å²) in [5, 5.41) is 6.01. The first kappa shape index (κ1) is 35.3. The van der Waals surface area contributed by atoms with E-state index in [4.69, 9.17) is 14.2 Å². The summed E-state index contributed by atoms with van der Waals surface area (Å²) in [6, 6.07) is -0.179. The van der Waals surface area contributed by atoms with Crippen molar-refractivity contribution in [1.82, 2.24) is 15.5 Å². The van der Waals surface area contributed by atoms with E-state index in [9.17, 15) is 14.4 Å². The lowest BCUT2D eigenvalue weighted by atomic mass is 9.85. The van der Waals surface area contributed by atoms with Crippen LogP contribution < -0.4 is 10.6 Å². The van der Waals surface area contributed by atoms with Gasteiger partial charge in [-0.3, -0.25) is 9.59 Å². The molecule has 3 amide bonds. The summed E-state index contributed by atoms with van der Waals surface area (Å²) in [5.74, 6) is -1.47. The topological polar surface area (TPSA) is 106 Å². The van der Waals surface area contributed by atoms with E-state index in [-0.39, 0.29) is 49.1 Å². The van der Waals surface area contributed by atoms with Crippen LogP contribution >= 0.6 is 0 Å². The van der Waals surface area contributed by atoms with Gasteiger partial charge in [-0.2, -0.15) is 0 Å². The Morgan fingerprint density at radius 1 is 0.951 bits per heavy atom. The number of hydrogen-bond donors (Lipinski definition) is 2. The Bertz CT molecular complexity index is 815. The first-order valence-electron chi connectivity index (χ1n) is 16.2. The third-order valence-electron chi connectivity index (χ3n) is 8.20. The number of urea groups is 1. The summed E-state index contributed by atoms with van der Waals surface area (Å²) in [5.41, 5.74) is -0.480. The fourth-order valence-corrected chi connectivity index (χ4v) is 5.58. The minimum absolute atomic E-state index is 0.0620. The van der Waals surface area contributed by atoms with Gasteiger partial charge in [-0.05, 0) is 53.4 Å². The summed E-state index contributed by atoms with van der Waals surface area (Å²) < 4.78 is 17.4. The molecule has 9 heteroatoms. The van der Waals surface area contributed by atoms with Gasteiger partial charge in [0.2, 0.25) is 5.91 Å². The molecule has 1 aliphatic heterocycles. The van der Waals surface area contributed by atoms with Crippen molar-refractivity contribution in [3.05, 3.63) is 0 Å². The summed E-state index contributed by atoms with van der Waals surface area (Å²) in [7, 11) is 0. The third kappa shape index (κ3) is 12.5. The average Bonchev–Trinajstić information content (AvgIpc) is 2.90. The van der Waals surface area contributed by atoms with Crippen molar-refractivity contribution >= 4 is 17.9 Å². The van der Waals surface area contributed by atoms with Crippen LogP contribution in [0.1, 0.15) is 132 Å². The van der Waals surface area contributed by atoms with Crippen LogP contribution in [0.4, 0.5) is 4.79 Å². The van der Waals surface area contributed by atoms with Crippen molar-refractivity contribution in [2.75, 3.05) is 19.7 Å². The van der Waals surface area contributed by atoms with E-state index in [1.54, 1.807) is 13.8 Å². The van der Waals surface area contributed by atoms with Gasteiger partial charge in [-0.1, -0.05) is 72.1 Å². The Labute approximate surface area is 249 Å². The van der Waals surface area contributed by atoms with Gasteiger partial charge in [0, 0.05) is 24.5 Å². The number of carbonyl (C=O) groups is 3. The zero-order valence-corrected chi connectivity index (χ0v) is 27.0. The number of carbonyl (C=O) groups excluding carboxylic acids is 3. The molecule has 2 N–H and O–H groups in total. The average molecular weight is 582 g/mol. The second-order valence-corrected chi connectivity index (χ2v) is 13.3. The summed E-state index contributed by atoms with van der Waals surface area (Å²) in [4.78, 5) is 40.7. The highest BCUT2D eigenvalue weighted by atomic mass is 16.7. The summed E-state index contributed by atoms with van der Waals surface area (Å²) in [6.07, 6.45) is 12.3. The van der Waals surface area contributed by atoms with Crippen LogP contribution in [-0.2, 0) is 23.8 Å². The SMILES string of the molecule is CCCCCCCCCCN(C(=O)N[C@H]1CCCC[C@@H]1OC(=O)CCNC(=O)C1OC(C)(C)OCC1(C)C)C(C)C. The maximum absolute atomic E-state index is 13.2. The smallest absolute Gasteiger partial charge is 0.317 e. The Morgan fingerprint density at radius 3 is 2.24 bits per heavy atom. The highest BCUT2D eigenvalue weighted by Crippen LogP contribution is 2.34. The van der Waals surface area contributed by atoms with Gasteiger partial charge in [-0.15, -0.1) is 0 Å². The second-order valence-electron chi connectivity index (χ2n) is 13.3. The van der Waals surface area contributed by atoms with Gasteiger partial charge in [0.25, 0.3) is 0 Å². The lowest BCUT2D eigenvalue weighted by Crippen LogP contribution is -2.56. The Hall–Kier alpha value is -1.87. The predicted octanol–water partition coefficient (Wildman–Crippen LogP) is 6.09. The quantitative estimate of drug-likeness (QED) is 0.169. The fourth-order valence-electron chi connectivity index (χ4n) is 5.58. The number of unbranched alkanes of at least 4 members (excludes halogenated alkanes) is 7. The minimum Gasteiger partial charge on any atom is -0.460 e. The minimum atomic E-state index is -0.837. The molecule has 1 saturated heterocycles. The van der Waals surface area contributed by atoms with Crippen LogP contribution in [0.2, 0.25) is 0 Å². The normalized spacial score (nSPS) is 23.6. The second kappa shape index (κ2) is 17.3. The summed E-state index contributed by atoms with van der Waals surface area (Å²) >= 11 is 0. The zero-order valence-electron chi connectivity index (χ0n) is 27.0. The molecule has 3 atom stereocenters. The van der Waals surface area contributed by atoms with Gasteiger partial charge in [0.05, 0.1) is 19.1 Å². The molecule has 0 aromatic carbocycles. The molecule has 2 aliphatic rings. The van der Waals surface area contributed by atoms with E-state index in [2.05, 4.69) is 17.6 Å². The maximum Gasteiger partial charge on any atom is 0.317 e. The maximum atomic E-state index is 13.2. The van der Waals surface area contributed by atoms with Crippen molar-refractivity contribution < 1.29 is 28.6 Å². The van der Waals surface area contributed by atoms with Crippen molar-refractivity contribution in [3.63, 3.8) is 0 Å². The fraction of sp³-hybridized carbons (Fsp3) is 0.906. The molecule has 238 valence electrons. The number of hydrogen-bond acceptors (Lipinski definition) is 6.